The van der Waals surface area contributed by atoms with Crippen LogP contribution in [0.15, 0.2) is 18.3 Å². The summed E-state index contributed by atoms with van der Waals surface area (Å²) in [5, 5.41) is 1.01. The lowest BCUT2D eigenvalue weighted by Crippen LogP contribution is -1.95. The number of pyridine rings is 1. The zero-order valence-electron chi connectivity index (χ0n) is 11.2. The third kappa shape index (κ3) is 3.77. The molecular weight excluding hydrogens is 210 g/mol. The smallest absolute Gasteiger partial charge is 0.163 e. The van der Waals surface area contributed by atoms with Gasteiger partial charge in [0.1, 0.15) is 5.82 Å². The summed E-state index contributed by atoms with van der Waals surface area (Å²) in [6, 6.07) is 4.11. The van der Waals surface area contributed by atoms with Crippen LogP contribution in [0.1, 0.15) is 45.1 Å². The maximum atomic E-state index is 4.52. The quantitative estimate of drug-likeness (QED) is 0.808. The van der Waals surface area contributed by atoms with Crippen molar-refractivity contribution in [3.05, 3.63) is 29.8 Å². The molecule has 0 aliphatic heterocycles. The number of nitrogens with zero attached hydrogens (tertiary/aromatic N) is 3. The van der Waals surface area contributed by atoms with Crippen molar-refractivity contribution in [2.75, 3.05) is 0 Å². The molecule has 0 saturated heterocycles. The van der Waals surface area contributed by atoms with Crippen molar-refractivity contribution < 1.29 is 0 Å². The molecule has 0 aliphatic rings. The third-order valence-electron chi connectivity index (χ3n) is 2.41. The van der Waals surface area contributed by atoms with Gasteiger partial charge in [-0.3, -0.25) is 0 Å². The van der Waals surface area contributed by atoms with E-state index < -0.39 is 0 Å². The van der Waals surface area contributed by atoms with Crippen molar-refractivity contribution in [1.29, 1.82) is 0 Å². The highest BCUT2D eigenvalue weighted by Gasteiger charge is 2.00. The molecule has 0 radical (unpaired) electrons. The number of rotatable bonds is 3. The van der Waals surface area contributed by atoms with Gasteiger partial charge in [-0.05, 0) is 31.9 Å². The lowest BCUT2D eigenvalue weighted by atomic mass is 10.2. The Morgan fingerprint density at radius 1 is 1.12 bits per heavy atom. The molecule has 0 aromatic carbocycles. The predicted molar refractivity (Wildman–Crippen MR) is 72.0 cm³/mol. The molecule has 0 unspecified atom stereocenters. The molecule has 3 nitrogen and oxygen atoms in total. The van der Waals surface area contributed by atoms with Gasteiger partial charge in [0.05, 0.1) is 0 Å². The van der Waals surface area contributed by atoms with E-state index in [0.717, 1.165) is 29.0 Å². The molecule has 17 heavy (non-hydrogen) atoms. The zero-order valence-corrected chi connectivity index (χ0v) is 11.2. The van der Waals surface area contributed by atoms with Gasteiger partial charge >= 0.3 is 0 Å². The average molecular weight is 231 g/mol. The fourth-order valence-electron chi connectivity index (χ4n) is 1.53. The summed E-state index contributed by atoms with van der Waals surface area (Å²) in [4.78, 5) is 13.0. The molecule has 2 heterocycles. The van der Waals surface area contributed by atoms with Crippen LogP contribution >= 0.6 is 0 Å². The molecule has 3 heteroatoms. The number of aromatic nitrogens is 3. The summed E-state index contributed by atoms with van der Waals surface area (Å²) < 4.78 is 0. The van der Waals surface area contributed by atoms with E-state index in [1.807, 2.05) is 33.0 Å². The lowest BCUT2D eigenvalue weighted by Gasteiger charge is -2.01. The van der Waals surface area contributed by atoms with Crippen LogP contribution in [0.3, 0.4) is 0 Å². The summed E-state index contributed by atoms with van der Waals surface area (Å²) >= 11 is 0. The van der Waals surface area contributed by atoms with E-state index in [-0.39, 0.29) is 0 Å². The first kappa shape index (κ1) is 13.6. The van der Waals surface area contributed by atoms with Crippen LogP contribution in [0.2, 0.25) is 0 Å². The molecule has 0 saturated carbocycles. The molecule has 92 valence electrons. The van der Waals surface area contributed by atoms with Crippen LogP contribution in [0.4, 0.5) is 0 Å². The molecule has 0 amide bonds. The highest BCUT2D eigenvalue weighted by atomic mass is 14.9. The van der Waals surface area contributed by atoms with Gasteiger partial charge in [-0.15, -0.1) is 0 Å². The number of hydrogen-bond acceptors (Lipinski definition) is 3. The Bertz CT molecular complexity index is 466. The van der Waals surface area contributed by atoms with Crippen molar-refractivity contribution in [2.45, 2.75) is 47.0 Å². The molecule has 2 aromatic rings. The largest absolute Gasteiger partial charge is 0.241 e. The Balaban J connectivity index is 0.000000686. The standard InChI is InChI=1S/C12H15N3.C2H6/c1-3-4-5-11-7-6-10-8-13-9(2)14-12(10)15-11;1-2/h6-8H,3-5H2,1-2H3;1-2H3. The van der Waals surface area contributed by atoms with Gasteiger partial charge in [0, 0.05) is 17.3 Å². The monoisotopic (exact) mass is 231 g/mol. The molecule has 2 aromatic heterocycles. The third-order valence-corrected chi connectivity index (χ3v) is 2.41. The second-order valence-corrected chi connectivity index (χ2v) is 3.74. The van der Waals surface area contributed by atoms with Crippen LogP contribution in [-0.4, -0.2) is 15.0 Å². The number of fused-ring (bicyclic) bond motifs is 1. The molecule has 0 fully saturated rings. The van der Waals surface area contributed by atoms with Crippen molar-refractivity contribution in [1.82, 2.24) is 15.0 Å². The SMILES string of the molecule is CC.CCCCc1ccc2cnc(C)nc2n1. The normalized spacial score (nSPS) is 9.88. The number of hydrogen-bond donors (Lipinski definition) is 0. The summed E-state index contributed by atoms with van der Waals surface area (Å²) in [5.41, 5.74) is 1.94. The number of aryl methyl sites for hydroxylation is 2. The Morgan fingerprint density at radius 3 is 2.59 bits per heavy atom. The van der Waals surface area contributed by atoms with Crippen molar-refractivity contribution in [3.63, 3.8) is 0 Å². The summed E-state index contributed by atoms with van der Waals surface area (Å²) in [6.07, 6.45) is 5.24. The van der Waals surface area contributed by atoms with Gasteiger partial charge in [-0.1, -0.05) is 27.2 Å². The van der Waals surface area contributed by atoms with Crippen molar-refractivity contribution in [3.8, 4) is 0 Å². The van der Waals surface area contributed by atoms with E-state index in [9.17, 15) is 0 Å². The summed E-state index contributed by atoms with van der Waals surface area (Å²) in [6.45, 7) is 8.08. The molecule has 0 atom stereocenters. The van der Waals surface area contributed by atoms with Crippen LogP contribution < -0.4 is 0 Å². The molecule has 2 rings (SSSR count). The van der Waals surface area contributed by atoms with E-state index in [2.05, 4.69) is 27.9 Å². The molecule has 0 aliphatic carbocycles. The Hall–Kier alpha value is -1.51. The predicted octanol–water partition coefficient (Wildman–Crippen LogP) is 3.70. The second-order valence-electron chi connectivity index (χ2n) is 3.74. The van der Waals surface area contributed by atoms with Gasteiger partial charge < -0.3 is 0 Å². The first-order valence-electron chi connectivity index (χ1n) is 6.39. The fraction of sp³-hybridized carbons (Fsp3) is 0.500. The van der Waals surface area contributed by atoms with Crippen molar-refractivity contribution >= 4 is 11.0 Å². The Morgan fingerprint density at radius 2 is 1.88 bits per heavy atom. The van der Waals surface area contributed by atoms with Gasteiger partial charge in [-0.25, -0.2) is 15.0 Å². The highest BCUT2D eigenvalue weighted by molar-refractivity contribution is 5.73. The minimum absolute atomic E-state index is 0.780. The van der Waals surface area contributed by atoms with E-state index in [1.165, 1.54) is 12.8 Å². The van der Waals surface area contributed by atoms with Gasteiger partial charge in [0.15, 0.2) is 5.65 Å². The van der Waals surface area contributed by atoms with Gasteiger partial charge in [0.2, 0.25) is 0 Å². The van der Waals surface area contributed by atoms with E-state index in [1.54, 1.807) is 0 Å². The van der Waals surface area contributed by atoms with Crippen LogP contribution in [0, 0.1) is 6.92 Å². The zero-order chi connectivity index (χ0) is 12.7. The second kappa shape index (κ2) is 6.94. The summed E-state index contributed by atoms with van der Waals surface area (Å²) in [5.74, 6) is 0.780. The summed E-state index contributed by atoms with van der Waals surface area (Å²) in [7, 11) is 0. The average Bonchev–Trinajstić information content (AvgIpc) is 2.38. The molecule has 0 spiro atoms. The Kier molecular flexibility index (Phi) is 5.53. The maximum absolute atomic E-state index is 4.52. The topological polar surface area (TPSA) is 38.7 Å². The molecule has 0 bridgehead atoms. The van der Waals surface area contributed by atoms with Gasteiger partial charge in [-0.2, -0.15) is 0 Å². The van der Waals surface area contributed by atoms with E-state index in [0.29, 0.717) is 0 Å². The van der Waals surface area contributed by atoms with E-state index in [4.69, 9.17) is 0 Å². The van der Waals surface area contributed by atoms with Crippen LogP contribution in [0.25, 0.3) is 11.0 Å². The minimum Gasteiger partial charge on any atom is -0.241 e. The van der Waals surface area contributed by atoms with Crippen molar-refractivity contribution in [2.24, 2.45) is 0 Å². The number of unbranched alkanes of at least 4 members (excludes halogenated alkanes) is 1. The minimum atomic E-state index is 0.780. The Labute approximate surface area is 103 Å². The maximum Gasteiger partial charge on any atom is 0.163 e. The van der Waals surface area contributed by atoms with E-state index >= 15 is 0 Å². The fourth-order valence-corrected chi connectivity index (χ4v) is 1.53. The molecular formula is C14H21N3. The lowest BCUT2D eigenvalue weighted by molar-refractivity contribution is 0.778. The van der Waals surface area contributed by atoms with Crippen LogP contribution in [0.5, 0.6) is 0 Å². The van der Waals surface area contributed by atoms with Crippen LogP contribution in [-0.2, 0) is 6.42 Å². The first-order valence-corrected chi connectivity index (χ1v) is 6.39. The van der Waals surface area contributed by atoms with Gasteiger partial charge in [0.25, 0.3) is 0 Å². The first-order chi connectivity index (χ1) is 8.29. The highest BCUT2D eigenvalue weighted by Crippen LogP contribution is 2.10. The molecule has 0 N–H and O–H groups in total.